The fourth-order valence-electron chi connectivity index (χ4n) is 2.40. The molecule has 4 nitrogen and oxygen atoms in total. The van der Waals surface area contributed by atoms with Gasteiger partial charge in [0.15, 0.2) is 0 Å². The summed E-state index contributed by atoms with van der Waals surface area (Å²) < 4.78 is 0. The summed E-state index contributed by atoms with van der Waals surface area (Å²) in [6.07, 6.45) is 4.68. The average molecular weight is 247 g/mol. The van der Waals surface area contributed by atoms with E-state index in [0.717, 1.165) is 31.5 Å². The van der Waals surface area contributed by atoms with Crippen molar-refractivity contribution >= 4 is 5.91 Å². The summed E-state index contributed by atoms with van der Waals surface area (Å²) in [5.74, 6) is 0.0766. The summed E-state index contributed by atoms with van der Waals surface area (Å²) in [4.78, 5) is 16.5. The minimum absolute atomic E-state index is 0.0766. The third kappa shape index (κ3) is 2.70. The highest BCUT2D eigenvalue weighted by atomic mass is 16.2. The number of amides is 1. The van der Waals surface area contributed by atoms with E-state index >= 15 is 0 Å². The van der Waals surface area contributed by atoms with E-state index in [2.05, 4.69) is 28.6 Å². The van der Waals surface area contributed by atoms with Gasteiger partial charge in [-0.25, -0.2) is 0 Å². The van der Waals surface area contributed by atoms with Gasteiger partial charge in [-0.05, 0) is 44.4 Å². The Morgan fingerprint density at radius 1 is 1.61 bits per heavy atom. The van der Waals surface area contributed by atoms with Gasteiger partial charge in [0.25, 0.3) is 0 Å². The van der Waals surface area contributed by atoms with Crippen molar-refractivity contribution in [2.45, 2.75) is 45.2 Å². The molecule has 1 unspecified atom stereocenters. The van der Waals surface area contributed by atoms with Crippen molar-refractivity contribution in [2.24, 2.45) is 0 Å². The Bertz CT molecular complexity index is 425. The Hall–Kier alpha value is -1.42. The minimum Gasteiger partial charge on any atom is -0.349 e. The smallest absolute Gasteiger partial charge is 0.240 e. The Kier molecular flexibility index (Phi) is 3.97. The van der Waals surface area contributed by atoms with Gasteiger partial charge in [0.05, 0.1) is 17.8 Å². The van der Waals surface area contributed by atoms with E-state index in [4.69, 9.17) is 0 Å². The van der Waals surface area contributed by atoms with E-state index in [1.807, 2.05) is 13.0 Å². The summed E-state index contributed by atoms with van der Waals surface area (Å²) in [5, 5.41) is 6.26. The molecule has 2 heterocycles. The van der Waals surface area contributed by atoms with Crippen LogP contribution in [0.5, 0.6) is 0 Å². The zero-order chi connectivity index (χ0) is 13.0. The first-order valence-electron chi connectivity index (χ1n) is 6.62. The van der Waals surface area contributed by atoms with Crippen molar-refractivity contribution in [3.8, 4) is 0 Å². The molecule has 1 aromatic rings. The van der Waals surface area contributed by atoms with Crippen molar-refractivity contribution in [3.05, 3.63) is 29.6 Å². The van der Waals surface area contributed by atoms with Crippen molar-refractivity contribution in [1.29, 1.82) is 0 Å². The second-order valence-corrected chi connectivity index (χ2v) is 5.01. The van der Waals surface area contributed by atoms with Crippen LogP contribution in [0.15, 0.2) is 18.3 Å². The molecule has 1 amide bonds. The third-order valence-electron chi connectivity index (χ3n) is 3.65. The maximum atomic E-state index is 12.1. The van der Waals surface area contributed by atoms with Gasteiger partial charge in [0, 0.05) is 6.20 Å². The Labute approximate surface area is 108 Å². The van der Waals surface area contributed by atoms with Crippen LogP contribution in [0.4, 0.5) is 0 Å². The van der Waals surface area contributed by atoms with Gasteiger partial charge >= 0.3 is 0 Å². The van der Waals surface area contributed by atoms with Crippen LogP contribution in [0.1, 0.15) is 37.9 Å². The minimum atomic E-state index is -0.402. The predicted octanol–water partition coefficient (Wildman–Crippen LogP) is 1.40. The monoisotopic (exact) mass is 247 g/mol. The molecule has 2 N–H and O–H groups in total. The SMILES string of the molecule is CCc1cccnc1CNC(=O)C1(C)CCCN1. The van der Waals surface area contributed by atoms with Crippen LogP contribution in [0, 0.1) is 0 Å². The largest absolute Gasteiger partial charge is 0.349 e. The molecular weight excluding hydrogens is 226 g/mol. The lowest BCUT2D eigenvalue weighted by Crippen LogP contribution is -2.50. The molecular formula is C14H21N3O. The normalized spacial score (nSPS) is 23.0. The lowest BCUT2D eigenvalue weighted by Gasteiger charge is -2.23. The van der Waals surface area contributed by atoms with Crippen molar-refractivity contribution in [2.75, 3.05) is 6.54 Å². The van der Waals surface area contributed by atoms with E-state index < -0.39 is 5.54 Å². The van der Waals surface area contributed by atoms with Gasteiger partial charge in [-0.1, -0.05) is 13.0 Å². The third-order valence-corrected chi connectivity index (χ3v) is 3.65. The van der Waals surface area contributed by atoms with E-state index in [9.17, 15) is 4.79 Å². The lowest BCUT2D eigenvalue weighted by molar-refractivity contribution is -0.126. The first-order valence-corrected chi connectivity index (χ1v) is 6.62. The lowest BCUT2D eigenvalue weighted by atomic mass is 9.99. The van der Waals surface area contributed by atoms with E-state index in [1.165, 1.54) is 5.56 Å². The van der Waals surface area contributed by atoms with Gasteiger partial charge in [-0.3, -0.25) is 9.78 Å². The molecule has 4 heteroatoms. The van der Waals surface area contributed by atoms with Crippen LogP contribution in [0.25, 0.3) is 0 Å². The Balaban J connectivity index is 1.97. The standard InChI is InChI=1S/C14H21N3O/c1-3-11-6-4-8-15-12(11)10-16-13(18)14(2)7-5-9-17-14/h4,6,8,17H,3,5,7,9-10H2,1-2H3,(H,16,18). The van der Waals surface area contributed by atoms with Crippen LogP contribution >= 0.6 is 0 Å². The average Bonchev–Trinajstić information content (AvgIpc) is 2.84. The van der Waals surface area contributed by atoms with Crippen LogP contribution < -0.4 is 10.6 Å². The number of nitrogens with zero attached hydrogens (tertiary/aromatic N) is 1. The van der Waals surface area contributed by atoms with Gasteiger partial charge in [-0.15, -0.1) is 0 Å². The van der Waals surface area contributed by atoms with Crippen molar-refractivity contribution in [1.82, 2.24) is 15.6 Å². The van der Waals surface area contributed by atoms with E-state index in [0.29, 0.717) is 6.54 Å². The number of rotatable bonds is 4. The number of hydrogen-bond acceptors (Lipinski definition) is 3. The fraction of sp³-hybridized carbons (Fsp3) is 0.571. The van der Waals surface area contributed by atoms with Gasteiger partial charge in [-0.2, -0.15) is 0 Å². The highest BCUT2D eigenvalue weighted by molar-refractivity contribution is 5.86. The van der Waals surface area contributed by atoms with Crippen LogP contribution in [0.2, 0.25) is 0 Å². The fourth-order valence-corrected chi connectivity index (χ4v) is 2.40. The Morgan fingerprint density at radius 3 is 3.11 bits per heavy atom. The van der Waals surface area contributed by atoms with Crippen LogP contribution in [-0.4, -0.2) is 23.0 Å². The maximum absolute atomic E-state index is 12.1. The van der Waals surface area contributed by atoms with Crippen molar-refractivity contribution in [3.63, 3.8) is 0 Å². The number of nitrogens with one attached hydrogen (secondary N) is 2. The molecule has 1 fully saturated rings. The first kappa shape index (κ1) is 13.0. The number of aromatic nitrogens is 1. The zero-order valence-electron chi connectivity index (χ0n) is 11.1. The topological polar surface area (TPSA) is 54.0 Å². The molecule has 0 bridgehead atoms. The highest BCUT2D eigenvalue weighted by Crippen LogP contribution is 2.18. The predicted molar refractivity (Wildman–Crippen MR) is 71.1 cm³/mol. The van der Waals surface area contributed by atoms with Crippen LogP contribution in [-0.2, 0) is 17.8 Å². The van der Waals surface area contributed by atoms with Crippen LogP contribution in [0.3, 0.4) is 0 Å². The van der Waals surface area contributed by atoms with Gasteiger partial charge in [0.2, 0.25) is 5.91 Å². The molecule has 1 atom stereocenters. The molecule has 0 aliphatic carbocycles. The van der Waals surface area contributed by atoms with Gasteiger partial charge in [0.1, 0.15) is 0 Å². The molecule has 18 heavy (non-hydrogen) atoms. The van der Waals surface area contributed by atoms with E-state index in [1.54, 1.807) is 6.20 Å². The zero-order valence-corrected chi connectivity index (χ0v) is 11.1. The summed E-state index contributed by atoms with van der Waals surface area (Å²) in [6.45, 7) is 5.50. The second kappa shape index (κ2) is 5.48. The molecule has 98 valence electrons. The molecule has 1 saturated heterocycles. The quantitative estimate of drug-likeness (QED) is 0.845. The summed E-state index contributed by atoms with van der Waals surface area (Å²) in [5.41, 5.74) is 1.76. The molecule has 1 aliphatic rings. The molecule has 1 aliphatic heterocycles. The molecule has 0 radical (unpaired) electrons. The number of carbonyl (C=O) groups excluding carboxylic acids is 1. The second-order valence-electron chi connectivity index (χ2n) is 5.01. The molecule has 0 aromatic carbocycles. The molecule has 1 aromatic heterocycles. The number of aryl methyl sites for hydroxylation is 1. The maximum Gasteiger partial charge on any atom is 0.240 e. The molecule has 0 saturated carbocycles. The summed E-state index contributed by atoms with van der Waals surface area (Å²) in [7, 11) is 0. The summed E-state index contributed by atoms with van der Waals surface area (Å²) >= 11 is 0. The van der Waals surface area contributed by atoms with Gasteiger partial charge < -0.3 is 10.6 Å². The van der Waals surface area contributed by atoms with Crippen molar-refractivity contribution < 1.29 is 4.79 Å². The summed E-state index contributed by atoms with van der Waals surface area (Å²) in [6, 6.07) is 3.99. The number of hydrogen-bond donors (Lipinski definition) is 2. The first-order chi connectivity index (χ1) is 8.65. The number of carbonyl (C=O) groups is 1. The number of pyridine rings is 1. The Morgan fingerprint density at radius 2 is 2.44 bits per heavy atom. The van der Waals surface area contributed by atoms with E-state index in [-0.39, 0.29) is 5.91 Å². The molecule has 0 spiro atoms. The molecule has 2 rings (SSSR count). The highest BCUT2D eigenvalue weighted by Gasteiger charge is 2.35.